The Morgan fingerprint density at radius 2 is 1.78 bits per heavy atom. The number of halogens is 3. The van der Waals surface area contributed by atoms with E-state index in [0.717, 1.165) is 22.2 Å². The van der Waals surface area contributed by atoms with E-state index >= 15 is 0 Å². The van der Waals surface area contributed by atoms with Gasteiger partial charge in [0.25, 0.3) is 11.1 Å². The van der Waals surface area contributed by atoms with Gasteiger partial charge in [-0.15, -0.1) is 0 Å². The van der Waals surface area contributed by atoms with Gasteiger partial charge in [-0.05, 0) is 87.4 Å². The molecule has 1 saturated heterocycles. The molecule has 0 atom stereocenters. The molecule has 0 spiro atoms. The van der Waals surface area contributed by atoms with Gasteiger partial charge in [-0.3, -0.25) is 19.3 Å². The van der Waals surface area contributed by atoms with Gasteiger partial charge in [0.1, 0.15) is 24.7 Å². The van der Waals surface area contributed by atoms with E-state index in [1.54, 1.807) is 48.5 Å². The number of hydrogen-bond donors (Lipinski definition) is 1. The molecule has 7 nitrogen and oxygen atoms in total. The van der Waals surface area contributed by atoms with Gasteiger partial charge in [0.2, 0.25) is 5.91 Å². The maximum atomic E-state index is 12.8. The van der Waals surface area contributed by atoms with Crippen molar-refractivity contribution in [1.82, 2.24) is 4.90 Å². The fourth-order valence-corrected chi connectivity index (χ4v) is 5.07. The van der Waals surface area contributed by atoms with Crippen molar-refractivity contribution in [3.63, 3.8) is 0 Å². The van der Waals surface area contributed by atoms with Crippen molar-refractivity contribution in [2.45, 2.75) is 6.61 Å². The van der Waals surface area contributed by atoms with Crippen LogP contribution in [0, 0.1) is 0 Å². The molecule has 1 N–H and O–H groups in total. The smallest absolute Gasteiger partial charge is 0.294 e. The highest BCUT2D eigenvalue weighted by atomic mass is 79.9. The van der Waals surface area contributed by atoms with Crippen molar-refractivity contribution in [3.8, 4) is 11.5 Å². The summed E-state index contributed by atoms with van der Waals surface area (Å²) in [6, 6.07) is 17.4. The first-order valence-corrected chi connectivity index (χ1v) is 13.2. The molecule has 4 rings (SSSR count). The third-order valence-electron chi connectivity index (χ3n) is 5.17. The molecule has 3 aromatic rings. The fraction of sp³-hybridized carbons (Fsp3) is 0.115. The minimum absolute atomic E-state index is 0.215. The van der Waals surface area contributed by atoms with Crippen LogP contribution in [0.1, 0.15) is 11.1 Å². The molecular weight excluding hydrogens is 603 g/mol. The largest absolute Gasteiger partial charge is 0.495 e. The summed E-state index contributed by atoms with van der Waals surface area (Å²) in [5.41, 5.74) is 2.07. The molecule has 0 saturated carbocycles. The maximum Gasteiger partial charge on any atom is 0.294 e. The van der Waals surface area contributed by atoms with Crippen molar-refractivity contribution < 1.29 is 23.9 Å². The number of anilines is 1. The highest BCUT2D eigenvalue weighted by Crippen LogP contribution is 2.34. The van der Waals surface area contributed by atoms with Gasteiger partial charge in [-0.1, -0.05) is 41.4 Å². The Labute approximate surface area is 235 Å². The first-order valence-electron chi connectivity index (χ1n) is 10.8. The number of benzene rings is 3. The van der Waals surface area contributed by atoms with Crippen molar-refractivity contribution >= 4 is 79.7 Å². The highest BCUT2D eigenvalue weighted by Gasteiger charge is 2.36. The summed E-state index contributed by atoms with van der Waals surface area (Å²) in [5.74, 6) is 0.00543. The van der Waals surface area contributed by atoms with Crippen LogP contribution in [0.4, 0.5) is 10.5 Å². The van der Waals surface area contributed by atoms with E-state index in [-0.39, 0.29) is 4.91 Å². The lowest BCUT2D eigenvalue weighted by molar-refractivity contribution is -0.127. The Hall–Kier alpha value is -2.98. The van der Waals surface area contributed by atoms with Crippen molar-refractivity contribution in [1.29, 1.82) is 0 Å². The van der Waals surface area contributed by atoms with E-state index in [1.165, 1.54) is 13.2 Å². The predicted molar refractivity (Wildman–Crippen MR) is 149 cm³/mol. The zero-order valence-electron chi connectivity index (χ0n) is 19.3. The monoisotopic (exact) mass is 620 g/mol. The second-order valence-electron chi connectivity index (χ2n) is 7.77. The number of rotatable bonds is 8. The molecule has 0 unspecified atom stereocenters. The number of nitrogens with zero attached hydrogens (tertiary/aromatic N) is 1. The molecule has 11 heteroatoms. The van der Waals surface area contributed by atoms with Crippen LogP contribution in [-0.2, 0) is 16.2 Å². The Balaban J connectivity index is 1.38. The van der Waals surface area contributed by atoms with Crippen LogP contribution >= 0.6 is 50.9 Å². The summed E-state index contributed by atoms with van der Waals surface area (Å²) in [6.45, 7) is -0.0639. The standard InChI is InChI=1S/C26H19BrCl2N2O5S/c1-35-22-9-7-18(12-20(22)29)30-24(32)13-31-25(33)23(37-26(31)34)11-16-4-8-21(19(27)10-16)36-14-15-2-5-17(28)6-3-15/h2-12H,13-14H2,1H3,(H,30,32)/b23-11+. The summed E-state index contributed by atoms with van der Waals surface area (Å²) in [6.07, 6.45) is 1.60. The lowest BCUT2D eigenvalue weighted by Crippen LogP contribution is -2.36. The molecule has 1 fully saturated rings. The quantitative estimate of drug-likeness (QED) is 0.272. The average molecular weight is 622 g/mol. The van der Waals surface area contributed by atoms with Crippen LogP contribution in [-0.4, -0.2) is 35.6 Å². The van der Waals surface area contributed by atoms with Crippen LogP contribution < -0.4 is 14.8 Å². The van der Waals surface area contributed by atoms with Gasteiger partial charge in [0.15, 0.2) is 0 Å². The Kier molecular flexibility index (Phi) is 8.81. The second-order valence-corrected chi connectivity index (χ2v) is 10.5. The normalized spacial score (nSPS) is 14.3. The van der Waals surface area contributed by atoms with E-state index in [4.69, 9.17) is 32.7 Å². The lowest BCUT2D eigenvalue weighted by atomic mass is 10.2. The minimum atomic E-state index is -0.544. The summed E-state index contributed by atoms with van der Waals surface area (Å²) >= 11 is 16.2. The molecule has 3 aromatic carbocycles. The topological polar surface area (TPSA) is 84.9 Å². The summed E-state index contributed by atoms with van der Waals surface area (Å²) in [5, 5.41) is 3.08. The number of nitrogens with one attached hydrogen (secondary N) is 1. The van der Waals surface area contributed by atoms with Gasteiger partial charge >= 0.3 is 0 Å². The van der Waals surface area contributed by atoms with E-state index in [2.05, 4.69) is 21.2 Å². The molecule has 0 radical (unpaired) electrons. The third kappa shape index (κ3) is 6.87. The number of imide groups is 1. The molecule has 0 bridgehead atoms. The third-order valence-corrected chi connectivity index (χ3v) is 7.25. The molecule has 1 aliphatic heterocycles. The van der Waals surface area contributed by atoms with E-state index in [9.17, 15) is 14.4 Å². The first-order chi connectivity index (χ1) is 17.7. The van der Waals surface area contributed by atoms with E-state index in [0.29, 0.717) is 43.9 Å². The fourth-order valence-electron chi connectivity index (χ4n) is 3.34. The average Bonchev–Trinajstić information content (AvgIpc) is 3.12. The number of amides is 3. The predicted octanol–water partition coefficient (Wildman–Crippen LogP) is 7.02. The van der Waals surface area contributed by atoms with Gasteiger partial charge < -0.3 is 14.8 Å². The summed E-state index contributed by atoms with van der Waals surface area (Å²) in [4.78, 5) is 38.9. The molecular formula is C26H19BrCl2N2O5S. The number of carbonyl (C=O) groups excluding carboxylic acids is 3. The number of methoxy groups -OCH3 is 1. The molecule has 0 aromatic heterocycles. The molecule has 37 heavy (non-hydrogen) atoms. The van der Waals surface area contributed by atoms with Crippen LogP contribution in [0.3, 0.4) is 0 Å². The van der Waals surface area contributed by atoms with Crippen LogP contribution in [0.15, 0.2) is 70.0 Å². The Morgan fingerprint density at radius 1 is 1.05 bits per heavy atom. The molecule has 3 amide bonds. The first kappa shape index (κ1) is 27.1. The summed E-state index contributed by atoms with van der Waals surface area (Å²) < 4.78 is 11.6. The van der Waals surface area contributed by atoms with Gasteiger partial charge in [0.05, 0.1) is 21.5 Å². The minimum Gasteiger partial charge on any atom is -0.495 e. The number of ether oxygens (including phenoxy) is 2. The Morgan fingerprint density at radius 3 is 2.46 bits per heavy atom. The van der Waals surface area contributed by atoms with Gasteiger partial charge in [0, 0.05) is 10.7 Å². The molecule has 190 valence electrons. The highest BCUT2D eigenvalue weighted by molar-refractivity contribution is 9.10. The van der Waals surface area contributed by atoms with Crippen LogP contribution in [0.25, 0.3) is 6.08 Å². The number of thioether (sulfide) groups is 1. The molecule has 1 aliphatic rings. The zero-order chi connectivity index (χ0) is 26.5. The lowest BCUT2D eigenvalue weighted by Gasteiger charge is -2.13. The van der Waals surface area contributed by atoms with Crippen LogP contribution in [0.5, 0.6) is 11.5 Å². The van der Waals surface area contributed by atoms with Crippen LogP contribution in [0.2, 0.25) is 10.0 Å². The van der Waals surface area contributed by atoms with Crippen molar-refractivity contribution in [2.75, 3.05) is 19.0 Å². The SMILES string of the molecule is COc1ccc(NC(=O)CN2C(=O)S/C(=C/c3ccc(OCc4ccc(Cl)cc4)c(Br)c3)C2=O)cc1Cl. The van der Waals surface area contributed by atoms with E-state index in [1.807, 2.05) is 12.1 Å². The molecule has 0 aliphatic carbocycles. The van der Waals surface area contributed by atoms with E-state index < -0.39 is 23.6 Å². The second kappa shape index (κ2) is 12.0. The van der Waals surface area contributed by atoms with Gasteiger partial charge in [-0.2, -0.15) is 0 Å². The Bertz CT molecular complexity index is 1400. The van der Waals surface area contributed by atoms with Crippen molar-refractivity contribution in [2.24, 2.45) is 0 Å². The molecule has 1 heterocycles. The number of carbonyl (C=O) groups is 3. The number of hydrogen-bond acceptors (Lipinski definition) is 6. The zero-order valence-corrected chi connectivity index (χ0v) is 23.2. The summed E-state index contributed by atoms with van der Waals surface area (Å²) in [7, 11) is 1.48. The van der Waals surface area contributed by atoms with Crippen molar-refractivity contribution in [3.05, 3.63) is 91.2 Å². The van der Waals surface area contributed by atoms with Gasteiger partial charge in [-0.25, -0.2) is 0 Å². The maximum absolute atomic E-state index is 12.8.